The first kappa shape index (κ1) is 18.6. The minimum Gasteiger partial charge on any atom is -0.380 e. The van der Waals surface area contributed by atoms with Gasteiger partial charge in [0.25, 0.3) is 0 Å². The number of sulfonamides is 1. The van der Waals surface area contributed by atoms with E-state index in [1.807, 2.05) is 20.0 Å². The molecule has 1 rings (SSSR count). The number of benzene rings is 1. The van der Waals surface area contributed by atoms with Gasteiger partial charge < -0.3 is 10.1 Å². The molecule has 1 aromatic rings. The van der Waals surface area contributed by atoms with E-state index in [4.69, 9.17) is 4.74 Å². The molecule has 0 aliphatic heterocycles. The molecule has 7 heteroatoms. The molecule has 0 aliphatic rings. The molecular formula is C14H23BrN2O3S. The third-order valence-electron chi connectivity index (χ3n) is 3.18. The Balaban J connectivity index is 3.11. The molecule has 0 heterocycles. The Morgan fingerprint density at radius 2 is 2.05 bits per heavy atom. The standard InChI is InChI=1S/C14H23BrN2O3S/c1-5-20-7-6-17(4)21(18,19)14-9-12(10-16-3)8-13(15)11(14)2/h8-9,16H,5-7,10H2,1-4H3. The lowest BCUT2D eigenvalue weighted by Gasteiger charge is -2.19. The maximum Gasteiger partial charge on any atom is 0.243 e. The monoisotopic (exact) mass is 378 g/mol. The largest absolute Gasteiger partial charge is 0.380 e. The summed E-state index contributed by atoms with van der Waals surface area (Å²) >= 11 is 3.44. The van der Waals surface area contributed by atoms with Crippen molar-refractivity contribution >= 4 is 26.0 Å². The molecule has 0 saturated carbocycles. The average molecular weight is 379 g/mol. The first-order chi connectivity index (χ1) is 9.84. The van der Waals surface area contributed by atoms with Crippen molar-refractivity contribution in [3.05, 3.63) is 27.7 Å². The number of halogens is 1. The SMILES string of the molecule is CCOCCN(C)S(=O)(=O)c1cc(CNC)cc(Br)c1C. The van der Waals surface area contributed by atoms with Crippen LogP contribution < -0.4 is 5.32 Å². The summed E-state index contributed by atoms with van der Waals surface area (Å²) in [6, 6.07) is 3.66. The van der Waals surface area contributed by atoms with Crippen LogP contribution in [-0.2, 0) is 21.3 Å². The maximum absolute atomic E-state index is 12.7. The maximum atomic E-state index is 12.7. The van der Waals surface area contributed by atoms with Crippen LogP contribution in [-0.4, -0.2) is 46.6 Å². The number of nitrogens with zero attached hydrogens (tertiary/aromatic N) is 1. The van der Waals surface area contributed by atoms with Crippen molar-refractivity contribution in [2.24, 2.45) is 0 Å². The molecule has 1 N–H and O–H groups in total. The minimum absolute atomic E-state index is 0.334. The molecule has 0 saturated heterocycles. The quantitative estimate of drug-likeness (QED) is 0.703. The van der Waals surface area contributed by atoms with Gasteiger partial charge in [-0.05, 0) is 44.2 Å². The van der Waals surface area contributed by atoms with Crippen LogP contribution >= 0.6 is 15.9 Å². The van der Waals surface area contributed by atoms with Crippen LogP contribution in [0.1, 0.15) is 18.1 Å². The van der Waals surface area contributed by atoms with Gasteiger partial charge in [-0.25, -0.2) is 8.42 Å². The number of likely N-dealkylation sites (N-methyl/N-ethyl adjacent to an activating group) is 1. The van der Waals surface area contributed by atoms with E-state index in [-0.39, 0.29) is 0 Å². The summed E-state index contributed by atoms with van der Waals surface area (Å²) in [5, 5.41) is 3.03. The van der Waals surface area contributed by atoms with Crippen molar-refractivity contribution in [3.63, 3.8) is 0 Å². The Kier molecular flexibility index (Phi) is 7.29. The topological polar surface area (TPSA) is 58.6 Å². The molecule has 0 fully saturated rings. The fourth-order valence-electron chi connectivity index (χ4n) is 1.91. The highest BCUT2D eigenvalue weighted by molar-refractivity contribution is 9.10. The summed E-state index contributed by atoms with van der Waals surface area (Å²) in [7, 11) is -0.113. The lowest BCUT2D eigenvalue weighted by molar-refractivity contribution is 0.138. The van der Waals surface area contributed by atoms with Gasteiger partial charge in [0.05, 0.1) is 11.5 Å². The fourth-order valence-corrected chi connectivity index (χ4v) is 3.99. The zero-order valence-corrected chi connectivity index (χ0v) is 15.3. The van der Waals surface area contributed by atoms with Crippen LogP contribution in [0, 0.1) is 6.92 Å². The van der Waals surface area contributed by atoms with Gasteiger partial charge in [0.1, 0.15) is 0 Å². The Bertz CT molecular complexity index is 576. The van der Waals surface area contributed by atoms with Gasteiger partial charge in [-0.3, -0.25) is 0 Å². The van der Waals surface area contributed by atoms with Gasteiger partial charge in [0.15, 0.2) is 0 Å². The van der Waals surface area contributed by atoms with Crippen molar-refractivity contribution < 1.29 is 13.2 Å². The molecule has 0 amide bonds. The van der Waals surface area contributed by atoms with Crippen LogP contribution in [0.25, 0.3) is 0 Å². The van der Waals surface area contributed by atoms with Gasteiger partial charge in [-0.1, -0.05) is 15.9 Å². The molecule has 5 nitrogen and oxygen atoms in total. The Morgan fingerprint density at radius 1 is 1.38 bits per heavy atom. The Hall–Kier alpha value is -0.470. The van der Waals surface area contributed by atoms with E-state index in [0.29, 0.717) is 31.2 Å². The first-order valence-corrected chi connectivity index (χ1v) is 9.05. The van der Waals surface area contributed by atoms with Gasteiger partial charge in [-0.15, -0.1) is 0 Å². The van der Waals surface area contributed by atoms with E-state index >= 15 is 0 Å². The Morgan fingerprint density at radius 3 is 2.62 bits per heavy atom. The van der Waals surface area contributed by atoms with E-state index in [2.05, 4.69) is 21.2 Å². The van der Waals surface area contributed by atoms with Crippen molar-refractivity contribution in [2.75, 3.05) is 33.9 Å². The summed E-state index contributed by atoms with van der Waals surface area (Å²) in [4.78, 5) is 0.334. The number of hydrogen-bond acceptors (Lipinski definition) is 4. The van der Waals surface area contributed by atoms with Crippen molar-refractivity contribution in [1.29, 1.82) is 0 Å². The average Bonchev–Trinajstić information content (AvgIpc) is 2.42. The molecule has 0 spiro atoms. The van der Waals surface area contributed by atoms with Crippen molar-refractivity contribution in [1.82, 2.24) is 9.62 Å². The number of hydrogen-bond donors (Lipinski definition) is 1. The highest BCUT2D eigenvalue weighted by Gasteiger charge is 2.24. The molecule has 120 valence electrons. The highest BCUT2D eigenvalue weighted by Crippen LogP contribution is 2.27. The van der Waals surface area contributed by atoms with Gasteiger partial charge in [0, 0.05) is 31.2 Å². The summed E-state index contributed by atoms with van der Waals surface area (Å²) in [6.45, 7) is 5.61. The van der Waals surface area contributed by atoms with Crippen molar-refractivity contribution in [3.8, 4) is 0 Å². The van der Waals surface area contributed by atoms with Crippen LogP contribution in [0.15, 0.2) is 21.5 Å². The summed E-state index contributed by atoms with van der Waals surface area (Å²) in [5.41, 5.74) is 1.64. The third-order valence-corrected chi connectivity index (χ3v) is 5.99. The number of rotatable bonds is 8. The van der Waals surface area contributed by atoms with E-state index in [9.17, 15) is 8.42 Å². The molecule has 0 aromatic heterocycles. The van der Waals surface area contributed by atoms with E-state index < -0.39 is 10.0 Å². The predicted molar refractivity (Wildman–Crippen MR) is 88.0 cm³/mol. The molecule has 0 atom stereocenters. The van der Waals surface area contributed by atoms with Gasteiger partial charge in [-0.2, -0.15) is 4.31 Å². The molecule has 0 aliphatic carbocycles. The van der Waals surface area contributed by atoms with Crippen LogP contribution in [0.3, 0.4) is 0 Å². The molecular weight excluding hydrogens is 356 g/mol. The molecule has 21 heavy (non-hydrogen) atoms. The second-order valence-electron chi connectivity index (χ2n) is 4.75. The summed E-state index contributed by atoms with van der Waals surface area (Å²) < 4.78 is 32.7. The van der Waals surface area contributed by atoms with Crippen LogP contribution in [0.5, 0.6) is 0 Å². The molecule has 0 bridgehead atoms. The van der Waals surface area contributed by atoms with E-state index in [1.165, 1.54) is 4.31 Å². The van der Waals surface area contributed by atoms with Gasteiger partial charge in [0.2, 0.25) is 10.0 Å². The lowest BCUT2D eigenvalue weighted by atomic mass is 10.1. The highest BCUT2D eigenvalue weighted by atomic mass is 79.9. The third kappa shape index (κ3) is 4.75. The van der Waals surface area contributed by atoms with Crippen LogP contribution in [0.2, 0.25) is 0 Å². The van der Waals surface area contributed by atoms with Gasteiger partial charge >= 0.3 is 0 Å². The smallest absolute Gasteiger partial charge is 0.243 e. The second-order valence-corrected chi connectivity index (χ2v) is 7.62. The summed E-state index contributed by atoms with van der Waals surface area (Å²) in [6.07, 6.45) is 0. The lowest BCUT2D eigenvalue weighted by Crippen LogP contribution is -2.31. The number of ether oxygens (including phenoxy) is 1. The summed E-state index contributed by atoms with van der Waals surface area (Å²) in [5.74, 6) is 0. The van der Waals surface area contributed by atoms with E-state index in [0.717, 1.165) is 15.6 Å². The molecule has 1 aromatic carbocycles. The zero-order valence-electron chi connectivity index (χ0n) is 12.9. The predicted octanol–water partition coefficient (Wildman–Crippen LogP) is 2.13. The minimum atomic E-state index is -3.52. The first-order valence-electron chi connectivity index (χ1n) is 6.82. The Labute approximate surface area is 135 Å². The second kappa shape index (κ2) is 8.24. The fraction of sp³-hybridized carbons (Fsp3) is 0.571. The normalized spacial score (nSPS) is 12.1. The van der Waals surface area contributed by atoms with E-state index in [1.54, 1.807) is 20.0 Å². The van der Waals surface area contributed by atoms with Crippen LogP contribution in [0.4, 0.5) is 0 Å². The zero-order chi connectivity index (χ0) is 16.0. The molecule has 0 radical (unpaired) electrons. The molecule has 0 unspecified atom stereocenters. The van der Waals surface area contributed by atoms with Crippen molar-refractivity contribution in [2.45, 2.75) is 25.3 Å². The number of nitrogens with one attached hydrogen (secondary N) is 1.